The minimum atomic E-state index is -0.734. The van der Waals surface area contributed by atoms with E-state index in [1.807, 2.05) is 72.8 Å². The van der Waals surface area contributed by atoms with Crippen molar-refractivity contribution in [2.75, 3.05) is 30.9 Å². The van der Waals surface area contributed by atoms with Gasteiger partial charge >= 0.3 is 5.69 Å². The summed E-state index contributed by atoms with van der Waals surface area (Å²) in [4.78, 5) is 42.5. The molecule has 0 saturated heterocycles. The van der Waals surface area contributed by atoms with Crippen LogP contribution in [0.25, 0.3) is 11.1 Å². The number of carbonyl (C=O) groups excluding carboxylic acids is 1. The summed E-state index contributed by atoms with van der Waals surface area (Å²) in [5.74, 6) is -0.517. The number of ether oxygens (including phenoxy) is 1. The molecule has 0 aliphatic carbocycles. The molecule has 0 atom stereocenters. The molecule has 0 spiro atoms. The van der Waals surface area contributed by atoms with Crippen LogP contribution in [0.5, 0.6) is 0 Å². The highest BCUT2D eigenvalue weighted by molar-refractivity contribution is 6.07. The predicted octanol–water partition coefficient (Wildman–Crippen LogP) is 3.13. The molecule has 3 N–H and O–H groups in total. The number of methoxy groups -OCH3 is 1. The first-order valence-corrected chi connectivity index (χ1v) is 11.1. The smallest absolute Gasteiger partial charge is 0.330 e. The van der Waals surface area contributed by atoms with Crippen molar-refractivity contribution in [2.24, 2.45) is 0 Å². The number of H-pyrrole nitrogens is 1. The Morgan fingerprint density at radius 2 is 1.51 bits per heavy atom. The number of hydrogen-bond acceptors (Lipinski definition) is 5. The monoisotopic (exact) mass is 470 g/mol. The van der Waals surface area contributed by atoms with Gasteiger partial charge in [0.05, 0.1) is 13.2 Å². The largest absolute Gasteiger partial charge is 0.383 e. The van der Waals surface area contributed by atoms with Gasteiger partial charge in [-0.25, -0.2) is 4.79 Å². The molecule has 0 saturated carbocycles. The maximum absolute atomic E-state index is 13.5. The summed E-state index contributed by atoms with van der Waals surface area (Å²) in [6, 6.07) is 26.1. The fraction of sp³-hybridized carbons (Fsp3) is 0.148. The zero-order valence-corrected chi connectivity index (χ0v) is 19.3. The van der Waals surface area contributed by atoms with Crippen molar-refractivity contribution in [1.29, 1.82) is 0 Å². The molecular formula is C27H26N4O4. The van der Waals surface area contributed by atoms with Crippen LogP contribution in [0.1, 0.15) is 15.9 Å². The number of amides is 1. The number of benzene rings is 3. The zero-order valence-electron chi connectivity index (χ0n) is 19.3. The number of carbonyl (C=O) groups is 1. The van der Waals surface area contributed by atoms with Gasteiger partial charge in [-0.1, -0.05) is 72.8 Å². The van der Waals surface area contributed by atoms with Gasteiger partial charge in [0.25, 0.3) is 11.5 Å². The van der Waals surface area contributed by atoms with Crippen molar-refractivity contribution in [3.05, 3.63) is 117 Å². The average Bonchev–Trinajstić information content (AvgIpc) is 2.89. The van der Waals surface area contributed by atoms with Gasteiger partial charge in [0, 0.05) is 19.2 Å². The summed E-state index contributed by atoms with van der Waals surface area (Å²) < 4.78 is 6.42. The minimum absolute atomic E-state index is 0.0760. The third-order valence-electron chi connectivity index (χ3n) is 5.67. The summed E-state index contributed by atoms with van der Waals surface area (Å²) in [7, 11) is 1.50. The molecule has 3 aromatic carbocycles. The summed E-state index contributed by atoms with van der Waals surface area (Å²) in [5.41, 5.74) is 8.04. The summed E-state index contributed by atoms with van der Waals surface area (Å²) in [5, 5.41) is 0. The van der Waals surface area contributed by atoms with Gasteiger partial charge in [-0.2, -0.15) is 0 Å². The van der Waals surface area contributed by atoms with Gasteiger partial charge in [-0.15, -0.1) is 0 Å². The molecule has 35 heavy (non-hydrogen) atoms. The van der Waals surface area contributed by atoms with E-state index in [0.29, 0.717) is 5.56 Å². The fourth-order valence-corrected chi connectivity index (χ4v) is 3.85. The van der Waals surface area contributed by atoms with Crippen molar-refractivity contribution < 1.29 is 9.53 Å². The van der Waals surface area contributed by atoms with Gasteiger partial charge in [0.1, 0.15) is 5.82 Å². The Bertz CT molecular complexity index is 1410. The van der Waals surface area contributed by atoms with Crippen LogP contribution in [0.2, 0.25) is 0 Å². The Morgan fingerprint density at radius 1 is 0.914 bits per heavy atom. The van der Waals surface area contributed by atoms with E-state index in [1.54, 1.807) is 12.1 Å². The van der Waals surface area contributed by atoms with Gasteiger partial charge in [-0.05, 0) is 28.8 Å². The molecule has 0 aliphatic rings. The first kappa shape index (κ1) is 23.7. The Morgan fingerprint density at radius 3 is 2.14 bits per heavy atom. The van der Waals surface area contributed by atoms with Crippen molar-refractivity contribution in [3.8, 4) is 11.1 Å². The lowest BCUT2D eigenvalue weighted by molar-refractivity contribution is 0.0975. The highest BCUT2D eigenvalue weighted by atomic mass is 16.5. The van der Waals surface area contributed by atoms with Crippen LogP contribution in [-0.4, -0.2) is 35.7 Å². The number of anilines is 2. The number of nitrogens with one attached hydrogen (secondary N) is 1. The molecule has 0 bridgehead atoms. The van der Waals surface area contributed by atoms with E-state index >= 15 is 0 Å². The second-order valence-electron chi connectivity index (χ2n) is 7.96. The maximum atomic E-state index is 13.5. The number of nitrogens with two attached hydrogens (primary N) is 1. The van der Waals surface area contributed by atoms with E-state index in [9.17, 15) is 14.4 Å². The third-order valence-corrected chi connectivity index (χ3v) is 5.67. The number of nitrogens with zero attached hydrogens (tertiary/aromatic N) is 2. The second kappa shape index (κ2) is 10.7. The van der Waals surface area contributed by atoms with Crippen LogP contribution in [0.4, 0.5) is 11.5 Å². The lowest BCUT2D eigenvalue weighted by Crippen LogP contribution is -2.42. The standard InChI is InChI=1S/C27H26N4O4/c1-35-17-16-30(26(33)22-14-12-21(13-15-22)20-10-6-3-7-11-20)23-24(28)31(27(34)29-25(23)32)18-19-8-4-2-5-9-19/h2-15H,16-18,28H2,1H3,(H,29,32,34). The number of aromatic amines is 1. The van der Waals surface area contributed by atoms with Crippen LogP contribution in [0, 0.1) is 0 Å². The quantitative estimate of drug-likeness (QED) is 0.411. The molecule has 0 unspecified atom stereocenters. The lowest BCUT2D eigenvalue weighted by atomic mass is 10.0. The van der Waals surface area contributed by atoms with E-state index in [1.165, 1.54) is 16.6 Å². The molecule has 1 heterocycles. The number of rotatable bonds is 8. The summed E-state index contributed by atoms with van der Waals surface area (Å²) >= 11 is 0. The highest BCUT2D eigenvalue weighted by Gasteiger charge is 2.25. The molecule has 1 aromatic heterocycles. The molecule has 4 rings (SSSR count). The molecule has 178 valence electrons. The number of aromatic nitrogens is 2. The normalized spacial score (nSPS) is 10.8. The van der Waals surface area contributed by atoms with Crippen molar-refractivity contribution in [1.82, 2.24) is 9.55 Å². The van der Waals surface area contributed by atoms with E-state index in [-0.39, 0.29) is 31.2 Å². The SMILES string of the molecule is COCCN(C(=O)c1ccc(-c2ccccc2)cc1)c1c(N)n(Cc2ccccc2)c(=O)[nH]c1=O. The fourth-order valence-electron chi connectivity index (χ4n) is 3.85. The van der Waals surface area contributed by atoms with E-state index in [4.69, 9.17) is 10.5 Å². The Kier molecular flexibility index (Phi) is 7.23. The zero-order chi connectivity index (χ0) is 24.8. The summed E-state index contributed by atoms with van der Waals surface area (Å²) in [6.07, 6.45) is 0. The third kappa shape index (κ3) is 5.23. The van der Waals surface area contributed by atoms with E-state index in [0.717, 1.165) is 16.7 Å². The van der Waals surface area contributed by atoms with Gasteiger partial charge < -0.3 is 10.5 Å². The van der Waals surface area contributed by atoms with Crippen LogP contribution < -0.4 is 21.9 Å². The Hall–Kier alpha value is -4.43. The Balaban J connectivity index is 1.73. The topological polar surface area (TPSA) is 110 Å². The van der Waals surface area contributed by atoms with Crippen LogP contribution in [0.3, 0.4) is 0 Å². The highest BCUT2D eigenvalue weighted by Crippen LogP contribution is 2.23. The molecule has 8 nitrogen and oxygen atoms in total. The van der Waals surface area contributed by atoms with Crippen molar-refractivity contribution >= 4 is 17.4 Å². The molecule has 0 fully saturated rings. The van der Waals surface area contributed by atoms with Gasteiger partial charge in [0.2, 0.25) is 0 Å². The predicted molar refractivity (Wildman–Crippen MR) is 137 cm³/mol. The lowest BCUT2D eigenvalue weighted by Gasteiger charge is -2.24. The molecule has 8 heteroatoms. The van der Waals surface area contributed by atoms with Gasteiger partial charge in [-0.3, -0.25) is 24.0 Å². The van der Waals surface area contributed by atoms with Crippen molar-refractivity contribution in [2.45, 2.75) is 6.54 Å². The van der Waals surface area contributed by atoms with E-state index < -0.39 is 17.2 Å². The molecule has 0 aliphatic heterocycles. The maximum Gasteiger partial charge on any atom is 0.330 e. The summed E-state index contributed by atoms with van der Waals surface area (Å²) in [6.45, 7) is 0.393. The molecule has 1 amide bonds. The molecule has 0 radical (unpaired) electrons. The minimum Gasteiger partial charge on any atom is -0.383 e. The first-order chi connectivity index (χ1) is 17.0. The van der Waals surface area contributed by atoms with E-state index in [2.05, 4.69) is 4.98 Å². The number of nitrogen functional groups attached to an aromatic ring is 1. The van der Waals surface area contributed by atoms with Crippen LogP contribution in [-0.2, 0) is 11.3 Å². The van der Waals surface area contributed by atoms with Gasteiger partial charge in [0.15, 0.2) is 5.69 Å². The van der Waals surface area contributed by atoms with Crippen LogP contribution >= 0.6 is 0 Å². The average molecular weight is 471 g/mol. The first-order valence-electron chi connectivity index (χ1n) is 11.1. The Labute approximate surface area is 202 Å². The molecular weight excluding hydrogens is 444 g/mol. The van der Waals surface area contributed by atoms with Crippen LogP contribution in [0.15, 0.2) is 94.5 Å². The van der Waals surface area contributed by atoms with Crippen molar-refractivity contribution in [3.63, 3.8) is 0 Å². The second-order valence-corrected chi connectivity index (χ2v) is 7.96. The number of hydrogen-bond donors (Lipinski definition) is 2. The molecule has 4 aromatic rings.